The predicted octanol–water partition coefficient (Wildman–Crippen LogP) is 3.29. The quantitative estimate of drug-likeness (QED) is 0.847. The van der Waals surface area contributed by atoms with Crippen molar-refractivity contribution in [2.24, 2.45) is 0 Å². The minimum absolute atomic E-state index is 0.252. The van der Waals surface area contributed by atoms with E-state index in [-0.39, 0.29) is 5.82 Å². The molecule has 21 heavy (non-hydrogen) atoms. The number of fused-ring (bicyclic) bond motifs is 1. The van der Waals surface area contributed by atoms with Gasteiger partial charge in [-0.25, -0.2) is 4.39 Å². The van der Waals surface area contributed by atoms with E-state index < -0.39 is 0 Å². The summed E-state index contributed by atoms with van der Waals surface area (Å²) in [7, 11) is 0. The summed E-state index contributed by atoms with van der Waals surface area (Å²) in [6.07, 6.45) is 3.66. The predicted molar refractivity (Wildman–Crippen MR) is 83.6 cm³/mol. The van der Waals surface area contributed by atoms with E-state index >= 15 is 0 Å². The van der Waals surface area contributed by atoms with Crippen LogP contribution in [0.3, 0.4) is 0 Å². The zero-order chi connectivity index (χ0) is 14.8. The van der Waals surface area contributed by atoms with Gasteiger partial charge in [-0.05, 0) is 44.9 Å². The second kappa shape index (κ2) is 6.22. The first-order valence-electron chi connectivity index (χ1n) is 8.16. The largest absolute Gasteiger partial charge is 0.491 e. The van der Waals surface area contributed by atoms with Crippen LogP contribution in [0, 0.1) is 5.82 Å². The van der Waals surface area contributed by atoms with Crippen molar-refractivity contribution in [2.75, 3.05) is 31.1 Å². The summed E-state index contributed by atoms with van der Waals surface area (Å²) in [6, 6.07) is 6.53. The highest BCUT2D eigenvalue weighted by Gasteiger charge is 2.35. The van der Waals surface area contributed by atoms with Crippen LogP contribution in [0.2, 0.25) is 0 Å². The van der Waals surface area contributed by atoms with Crippen molar-refractivity contribution >= 4 is 5.69 Å². The van der Waals surface area contributed by atoms with E-state index in [1.807, 2.05) is 13.0 Å². The lowest BCUT2D eigenvalue weighted by atomic mass is 10.0. The number of rotatable bonds is 4. The lowest BCUT2D eigenvalue weighted by molar-refractivity contribution is 0.194. The summed E-state index contributed by atoms with van der Waals surface area (Å²) in [5, 5.41) is 0. The van der Waals surface area contributed by atoms with Crippen molar-refractivity contribution in [1.82, 2.24) is 4.90 Å². The molecule has 0 aliphatic carbocycles. The van der Waals surface area contributed by atoms with Gasteiger partial charge in [-0.3, -0.25) is 4.90 Å². The fourth-order valence-corrected chi connectivity index (χ4v) is 3.69. The summed E-state index contributed by atoms with van der Waals surface area (Å²) in [4.78, 5) is 5.00. The van der Waals surface area contributed by atoms with Gasteiger partial charge in [0.15, 0.2) is 11.6 Å². The molecule has 4 heteroatoms. The smallest absolute Gasteiger partial charge is 0.167 e. The van der Waals surface area contributed by atoms with E-state index in [9.17, 15) is 4.39 Å². The molecule has 2 heterocycles. The maximum absolute atomic E-state index is 14.1. The second-order valence-electron chi connectivity index (χ2n) is 6.05. The zero-order valence-corrected chi connectivity index (χ0v) is 13.0. The molecule has 0 N–H and O–H groups in total. The standard InChI is InChI=1S/C17H25FN2O/c1-3-13-11-19-9-5-6-15(19)12-20(13)14-7-8-17(21-4-2)16(18)10-14/h7-8,10,13,15H,3-6,9,11-12H2,1-2H3. The Morgan fingerprint density at radius 2 is 2.14 bits per heavy atom. The number of hydrogen-bond acceptors (Lipinski definition) is 3. The van der Waals surface area contributed by atoms with Gasteiger partial charge in [0.25, 0.3) is 0 Å². The number of ether oxygens (including phenoxy) is 1. The minimum Gasteiger partial charge on any atom is -0.491 e. The third kappa shape index (κ3) is 2.86. The summed E-state index contributed by atoms with van der Waals surface area (Å²) >= 11 is 0. The fourth-order valence-electron chi connectivity index (χ4n) is 3.69. The molecule has 2 aliphatic rings. The molecular formula is C17H25FN2O. The zero-order valence-electron chi connectivity index (χ0n) is 13.0. The molecular weight excluding hydrogens is 267 g/mol. The Morgan fingerprint density at radius 1 is 1.29 bits per heavy atom. The molecule has 2 fully saturated rings. The van der Waals surface area contributed by atoms with Crippen LogP contribution in [0.15, 0.2) is 18.2 Å². The minimum atomic E-state index is -0.252. The molecule has 2 unspecified atom stereocenters. The Labute approximate surface area is 126 Å². The van der Waals surface area contributed by atoms with Gasteiger partial charge in [-0.2, -0.15) is 0 Å². The summed E-state index contributed by atoms with van der Waals surface area (Å²) in [5.74, 6) is 0.104. The van der Waals surface area contributed by atoms with Crippen molar-refractivity contribution in [1.29, 1.82) is 0 Å². The maximum atomic E-state index is 14.1. The van der Waals surface area contributed by atoms with Crippen LogP contribution >= 0.6 is 0 Å². The molecule has 1 aromatic carbocycles. The van der Waals surface area contributed by atoms with Crippen molar-refractivity contribution < 1.29 is 9.13 Å². The van der Waals surface area contributed by atoms with Crippen LogP contribution in [-0.2, 0) is 0 Å². The molecule has 3 nitrogen and oxygen atoms in total. The second-order valence-corrected chi connectivity index (χ2v) is 6.05. The van der Waals surface area contributed by atoms with Crippen LogP contribution in [-0.4, -0.2) is 43.2 Å². The van der Waals surface area contributed by atoms with Crippen LogP contribution in [0.5, 0.6) is 5.75 Å². The van der Waals surface area contributed by atoms with Crippen LogP contribution in [0.25, 0.3) is 0 Å². The Balaban J connectivity index is 1.82. The van der Waals surface area contributed by atoms with Gasteiger partial charge >= 0.3 is 0 Å². The highest BCUT2D eigenvalue weighted by atomic mass is 19.1. The number of hydrogen-bond donors (Lipinski definition) is 0. The molecule has 3 rings (SSSR count). The van der Waals surface area contributed by atoms with E-state index in [2.05, 4.69) is 16.7 Å². The van der Waals surface area contributed by atoms with Crippen LogP contribution in [0.4, 0.5) is 10.1 Å². The third-order valence-corrected chi connectivity index (χ3v) is 4.81. The van der Waals surface area contributed by atoms with Gasteiger partial charge in [0.05, 0.1) is 6.61 Å². The van der Waals surface area contributed by atoms with Gasteiger partial charge in [0, 0.05) is 36.9 Å². The van der Waals surface area contributed by atoms with E-state index in [1.165, 1.54) is 19.4 Å². The Morgan fingerprint density at radius 3 is 2.86 bits per heavy atom. The molecule has 116 valence electrons. The molecule has 0 saturated carbocycles. The molecule has 0 radical (unpaired) electrons. The van der Waals surface area contributed by atoms with E-state index in [1.54, 1.807) is 12.1 Å². The van der Waals surface area contributed by atoms with Gasteiger partial charge in [-0.1, -0.05) is 6.92 Å². The first-order valence-corrected chi connectivity index (χ1v) is 8.16. The third-order valence-electron chi connectivity index (χ3n) is 4.81. The van der Waals surface area contributed by atoms with Crippen LogP contribution in [0.1, 0.15) is 33.1 Å². The van der Waals surface area contributed by atoms with Crippen molar-refractivity contribution in [3.05, 3.63) is 24.0 Å². The highest BCUT2D eigenvalue weighted by molar-refractivity contribution is 5.51. The van der Waals surface area contributed by atoms with Gasteiger partial charge < -0.3 is 9.64 Å². The molecule has 0 aromatic heterocycles. The van der Waals surface area contributed by atoms with E-state index in [4.69, 9.17) is 4.74 Å². The lowest BCUT2D eigenvalue weighted by Crippen LogP contribution is -2.56. The average Bonchev–Trinajstić information content (AvgIpc) is 2.95. The number of nitrogens with zero attached hydrogens (tertiary/aromatic N) is 2. The molecule has 2 aliphatic heterocycles. The monoisotopic (exact) mass is 292 g/mol. The number of anilines is 1. The normalized spacial score (nSPS) is 26.0. The molecule has 0 bridgehead atoms. The Hall–Kier alpha value is -1.29. The topological polar surface area (TPSA) is 15.7 Å². The molecule has 0 spiro atoms. The Bertz CT molecular complexity index is 494. The summed E-state index contributed by atoms with van der Waals surface area (Å²) in [5.41, 5.74) is 0.995. The molecule has 1 aromatic rings. The maximum Gasteiger partial charge on any atom is 0.167 e. The lowest BCUT2D eigenvalue weighted by Gasteiger charge is -2.45. The van der Waals surface area contributed by atoms with Gasteiger partial charge in [0.1, 0.15) is 0 Å². The van der Waals surface area contributed by atoms with E-state index in [0.29, 0.717) is 24.4 Å². The summed E-state index contributed by atoms with van der Waals surface area (Å²) in [6.45, 7) is 7.95. The van der Waals surface area contributed by atoms with Crippen molar-refractivity contribution in [3.63, 3.8) is 0 Å². The van der Waals surface area contributed by atoms with E-state index in [0.717, 1.165) is 25.2 Å². The molecule has 2 atom stereocenters. The first-order chi connectivity index (χ1) is 10.2. The molecule has 0 amide bonds. The van der Waals surface area contributed by atoms with Crippen molar-refractivity contribution in [2.45, 2.75) is 45.2 Å². The number of benzene rings is 1. The average molecular weight is 292 g/mol. The first kappa shape index (κ1) is 14.6. The van der Waals surface area contributed by atoms with Gasteiger partial charge in [-0.15, -0.1) is 0 Å². The molecule has 2 saturated heterocycles. The van der Waals surface area contributed by atoms with Crippen LogP contribution < -0.4 is 9.64 Å². The van der Waals surface area contributed by atoms with Gasteiger partial charge in [0.2, 0.25) is 0 Å². The Kier molecular flexibility index (Phi) is 4.34. The van der Waals surface area contributed by atoms with Crippen molar-refractivity contribution in [3.8, 4) is 5.75 Å². The fraction of sp³-hybridized carbons (Fsp3) is 0.647. The number of piperazine rings is 1. The number of halogens is 1. The highest BCUT2D eigenvalue weighted by Crippen LogP contribution is 2.32. The summed E-state index contributed by atoms with van der Waals surface area (Å²) < 4.78 is 19.4. The SMILES string of the molecule is CCOc1ccc(N2CC3CCCN3CC2CC)cc1F.